The molecular formula is C13H15F3N4O2S. The molecule has 2 aromatic rings. The lowest BCUT2D eigenvalue weighted by Crippen LogP contribution is -2.31. The minimum Gasteiger partial charge on any atom is -0.328 e. The number of imidazole rings is 1. The van der Waals surface area contributed by atoms with Gasteiger partial charge in [0, 0.05) is 31.7 Å². The summed E-state index contributed by atoms with van der Waals surface area (Å²) in [5, 5.41) is 0. The van der Waals surface area contributed by atoms with E-state index in [1.807, 2.05) is 0 Å². The Kier molecular flexibility index (Phi) is 5.37. The molecule has 10 heteroatoms. The van der Waals surface area contributed by atoms with Crippen LogP contribution in [-0.2, 0) is 16.6 Å². The standard InChI is InChI=1S/C13H15F3N4O2S/c14-13(15,16)4-10-23(21,22)19-7-9-20-8-6-18-12(20)11-3-1-2-5-17-11/h1-3,5-6,8,19H,4,7,9-10H2. The molecule has 0 aliphatic heterocycles. The zero-order chi connectivity index (χ0) is 16.9. The number of aromatic nitrogens is 3. The third-order valence-corrected chi connectivity index (χ3v) is 4.32. The fourth-order valence-corrected chi connectivity index (χ4v) is 2.91. The highest BCUT2D eigenvalue weighted by Crippen LogP contribution is 2.19. The number of nitrogens with one attached hydrogen (secondary N) is 1. The quantitative estimate of drug-likeness (QED) is 0.828. The molecule has 2 rings (SSSR count). The van der Waals surface area contributed by atoms with E-state index in [1.54, 1.807) is 41.4 Å². The monoisotopic (exact) mass is 348 g/mol. The second-order valence-electron chi connectivity index (χ2n) is 4.74. The average molecular weight is 348 g/mol. The largest absolute Gasteiger partial charge is 0.390 e. The molecule has 23 heavy (non-hydrogen) atoms. The topological polar surface area (TPSA) is 76.9 Å². The van der Waals surface area contributed by atoms with Crippen LogP contribution in [0.1, 0.15) is 6.42 Å². The smallest absolute Gasteiger partial charge is 0.328 e. The lowest BCUT2D eigenvalue weighted by Gasteiger charge is -2.10. The van der Waals surface area contributed by atoms with E-state index in [4.69, 9.17) is 0 Å². The Hall–Kier alpha value is -1.94. The first-order valence-electron chi connectivity index (χ1n) is 6.73. The summed E-state index contributed by atoms with van der Waals surface area (Å²) >= 11 is 0. The molecule has 2 heterocycles. The first-order valence-corrected chi connectivity index (χ1v) is 8.39. The number of sulfonamides is 1. The van der Waals surface area contributed by atoms with E-state index in [0.29, 0.717) is 11.5 Å². The zero-order valence-corrected chi connectivity index (χ0v) is 12.8. The first kappa shape index (κ1) is 17.4. The van der Waals surface area contributed by atoms with Crippen molar-refractivity contribution >= 4 is 10.0 Å². The highest BCUT2D eigenvalue weighted by Gasteiger charge is 2.29. The van der Waals surface area contributed by atoms with Crippen molar-refractivity contribution in [2.75, 3.05) is 12.3 Å². The normalized spacial score (nSPS) is 12.5. The molecule has 2 aromatic heterocycles. The molecule has 0 atom stereocenters. The summed E-state index contributed by atoms with van der Waals surface area (Å²) in [7, 11) is -3.96. The molecule has 0 amide bonds. The van der Waals surface area contributed by atoms with Crippen LogP contribution in [0.4, 0.5) is 13.2 Å². The van der Waals surface area contributed by atoms with Gasteiger partial charge in [0.25, 0.3) is 0 Å². The van der Waals surface area contributed by atoms with Gasteiger partial charge in [0.15, 0.2) is 5.82 Å². The summed E-state index contributed by atoms with van der Waals surface area (Å²) in [6.07, 6.45) is -1.07. The number of rotatable bonds is 7. The molecule has 0 aliphatic carbocycles. The van der Waals surface area contributed by atoms with Crippen LogP contribution in [-0.4, -0.2) is 41.4 Å². The first-order chi connectivity index (χ1) is 10.8. The van der Waals surface area contributed by atoms with Gasteiger partial charge in [-0.1, -0.05) is 6.07 Å². The Morgan fingerprint density at radius 1 is 1.17 bits per heavy atom. The third kappa shape index (κ3) is 5.64. The van der Waals surface area contributed by atoms with Crippen molar-refractivity contribution in [3.8, 4) is 11.5 Å². The second kappa shape index (κ2) is 7.09. The molecule has 0 unspecified atom stereocenters. The van der Waals surface area contributed by atoms with Crippen LogP contribution in [0, 0.1) is 0 Å². The summed E-state index contributed by atoms with van der Waals surface area (Å²) < 4.78 is 63.0. The molecule has 0 spiro atoms. The van der Waals surface area contributed by atoms with E-state index in [-0.39, 0.29) is 13.1 Å². The van der Waals surface area contributed by atoms with Gasteiger partial charge in [0.2, 0.25) is 10.0 Å². The van der Waals surface area contributed by atoms with Crippen molar-refractivity contribution in [2.24, 2.45) is 0 Å². The number of alkyl halides is 3. The zero-order valence-electron chi connectivity index (χ0n) is 12.0. The van der Waals surface area contributed by atoms with Crippen molar-refractivity contribution < 1.29 is 21.6 Å². The SMILES string of the molecule is O=S(=O)(CCC(F)(F)F)NCCn1ccnc1-c1ccccn1. The van der Waals surface area contributed by atoms with Gasteiger partial charge in [-0.15, -0.1) is 0 Å². The van der Waals surface area contributed by atoms with E-state index < -0.39 is 28.4 Å². The van der Waals surface area contributed by atoms with E-state index >= 15 is 0 Å². The lowest BCUT2D eigenvalue weighted by molar-refractivity contribution is -0.129. The van der Waals surface area contributed by atoms with Gasteiger partial charge in [0.1, 0.15) is 5.69 Å². The number of hydrogen-bond acceptors (Lipinski definition) is 4. The lowest BCUT2D eigenvalue weighted by atomic mass is 10.3. The average Bonchev–Trinajstić information content (AvgIpc) is 2.94. The van der Waals surface area contributed by atoms with Crippen molar-refractivity contribution in [1.29, 1.82) is 0 Å². The number of hydrogen-bond donors (Lipinski definition) is 1. The summed E-state index contributed by atoms with van der Waals surface area (Å²) in [4.78, 5) is 8.29. The van der Waals surface area contributed by atoms with E-state index in [0.717, 1.165) is 0 Å². The molecule has 0 saturated carbocycles. The Morgan fingerprint density at radius 2 is 1.96 bits per heavy atom. The van der Waals surface area contributed by atoms with Crippen LogP contribution in [0.5, 0.6) is 0 Å². The molecule has 0 radical (unpaired) electrons. The van der Waals surface area contributed by atoms with Gasteiger partial charge < -0.3 is 4.57 Å². The van der Waals surface area contributed by atoms with Crippen molar-refractivity contribution in [3.63, 3.8) is 0 Å². The summed E-state index contributed by atoms with van der Waals surface area (Å²) in [6.45, 7) is 0.202. The van der Waals surface area contributed by atoms with Crippen LogP contribution >= 0.6 is 0 Å². The molecule has 0 fully saturated rings. The highest BCUT2D eigenvalue weighted by molar-refractivity contribution is 7.89. The summed E-state index contributed by atoms with van der Waals surface area (Å²) in [5.41, 5.74) is 0.623. The molecule has 0 aliphatic rings. The van der Waals surface area contributed by atoms with E-state index in [9.17, 15) is 21.6 Å². The van der Waals surface area contributed by atoms with Crippen LogP contribution in [0.25, 0.3) is 11.5 Å². The molecule has 6 nitrogen and oxygen atoms in total. The van der Waals surface area contributed by atoms with Gasteiger partial charge in [-0.05, 0) is 12.1 Å². The maximum absolute atomic E-state index is 12.1. The number of halogens is 3. The number of nitrogens with zero attached hydrogens (tertiary/aromatic N) is 3. The van der Waals surface area contributed by atoms with Gasteiger partial charge in [-0.2, -0.15) is 13.2 Å². The Balaban J connectivity index is 1.92. The predicted octanol–water partition coefficient (Wildman–Crippen LogP) is 1.82. The van der Waals surface area contributed by atoms with Crippen LogP contribution < -0.4 is 4.72 Å². The molecular weight excluding hydrogens is 333 g/mol. The predicted molar refractivity (Wildman–Crippen MR) is 77.9 cm³/mol. The van der Waals surface area contributed by atoms with Crippen molar-refractivity contribution in [2.45, 2.75) is 19.1 Å². The van der Waals surface area contributed by atoms with E-state index in [1.165, 1.54) is 0 Å². The van der Waals surface area contributed by atoms with Gasteiger partial charge in [-0.25, -0.2) is 18.1 Å². The Bertz CT molecular complexity index is 729. The molecule has 0 aromatic carbocycles. The maximum atomic E-state index is 12.1. The van der Waals surface area contributed by atoms with Crippen LogP contribution in [0.2, 0.25) is 0 Å². The van der Waals surface area contributed by atoms with Gasteiger partial charge in [0.05, 0.1) is 12.2 Å². The molecule has 0 saturated heterocycles. The highest BCUT2D eigenvalue weighted by atomic mass is 32.2. The van der Waals surface area contributed by atoms with Gasteiger partial charge >= 0.3 is 6.18 Å². The number of pyridine rings is 1. The minimum atomic E-state index is -4.49. The van der Waals surface area contributed by atoms with Crippen LogP contribution in [0.3, 0.4) is 0 Å². The molecule has 1 N–H and O–H groups in total. The maximum Gasteiger partial charge on any atom is 0.390 e. The Labute approximate surface area is 131 Å². The van der Waals surface area contributed by atoms with Crippen molar-refractivity contribution in [1.82, 2.24) is 19.3 Å². The van der Waals surface area contributed by atoms with Crippen molar-refractivity contribution in [3.05, 3.63) is 36.8 Å². The minimum absolute atomic E-state index is 0.0314. The second-order valence-corrected chi connectivity index (χ2v) is 6.66. The molecule has 0 bridgehead atoms. The fraction of sp³-hybridized carbons (Fsp3) is 0.385. The Morgan fingerprint density at radius 3 is 2.61 bits per heavy atom. The van der Waals surface area contributed by atoms with Gasteiger partial charge in [-0.3, -0.25) is 4.98 Å². The van der Waals surface area contributed by atoms with Crippen LogP contribution in [0.15, 0.2) is 36.8 Å². The summed E-state index contributed by atoms with van der Waals surface area (Å²) in [5.74, 6) is -0.423. The third-order valence-electron chi connectivity index (χ3n) is 2.94. The van der Waals surface area contributed by atoms with E-state index in [2.05, 4.69) is 14.7 Å². The molecule has 126 valence electrons. The summed E-state index contributed by atoms with van der Waals surface area (Å²) in [6, 6.07) is 5.30. The fourth-order valence-electron chi connectivity index (χ4n) is 1.86.